The van der Waals surface area contributed by atoms with E-state index in [0.717, 1.165) is 13.0 Å². The molecular formula is C15H26N2O2. The predicted octanol–water partition coefficient (Wildman–Crippen LogP) is 1.69. The number of nitrogens with one attached hydrogen (secondary N) is 1. The second-order valence-electron chi connectivity index (χ2n) is 7.57. The lowest BCUT2D eigenvalue weighted by Crippen LogP contribution is -2.48. The number of hydrogen-bond acceptors (Lipinski definition) is 3. The van der Waals surface area contributed by atoms with Crippen molar-refractivity contribution in [3.8, 4) is 0 Å². The molecule has 2 saturated heterocycles. The molecule has 19 heavy (non-hydrogen) atoms. The number of rotatable bonds is 3. The highest BCUT2D eigenvalue weighted by Gasteiger charge is 2.48. The van der Waals surface area contributed by atoms with Gasteiger partial charge in [-0.2, -0.15) is 0 Å². The minimum Gasteiger partial charge on any atom is -0.368 e. The van der Waals surface area contributed by atoms with Gasteiger partial charge in [0, 0.05) is 31.1 Å². The molecule has 0 radical (unpaired) electrons. The van der Waals surface area contributed by atoms with Crippen LogP contribution in [0, 0.1) is 0 Å². The van der Waals surface area contributed by atoms with Crippen molar-refractivity contribution in [2.45, 2.75) is 82.7 Å². The standard InChI is InChI=1S/C15H26N2O2/c1-14(2)8-12(15(3,4)19-14)16-10-7-13(18)17(9-10)11-5-6-11/h10-12,16H,5-9H2,1-4H3. The zero-order valence-corrected chi connectivity index (χ0v) is 12.5. The maximum atomic E-state index is 12.0. The van der Waals surface area contributed by atoms with E-state index in [4.69, 9.17) is 4.74 Å². The number of ether oxygens (including phenoxy) is 1. The third kappa shape index (κ3) is 2.65. The maximum absolute atomic E-state index is 12.0. The minimum atomic E-state index is -0.153. The zero-order valence-electron chi connectivity index (χ0n) is 12.5. The molecule has 1 saturated carbocycles. The van der Waals surface area contributed by atoms with Crippen LogP contribution in [0.3, 0.4) is 0 Å². The van der Waals surface area contributed by atoms with Crippen molar-refractivity contribution in [3.63, 3.8) is 0 Å². The van der Waals surface area contributed by atoms with Gasteiger partial charge in [0.15, 0.2) is 0 Å². The molecule has 1 N–H and O–H groups in total. The first-order valence-electron chi connectivity index (χ1n) is 7.52. The molecule has 2 unspecified atom stereocenters. The fourth-order valence-electron chi connectivity index (χ4n) is 3.69. The average Bonchev–Trinajstić information content (AvgIpc) is 2.97. The Kier molecular flexibility index (Phi) is 2.95. The van der Waals surface area contributed by atoms with E-state index in [1.165, 1.54) is 12.8 Å². The van der Waals surface area contributed by atoms with Crippen molar-refractivity contribution in [1.29, 1.82) is 0 Å². The van der Waals surface area contributed by atoms with Gasteiger partial charge in [-0.1, -0.05) is 0 Å². The lowest BCUT2D eigenvalue weighted by atomic mass is 9.93. The highest BCUT2D eigenvalue weighted by Crippen LogP contribution is 2.38. The van der Waals surface area contributed by atoms with Crippen LogP contribution in [-0.4, -0.2) is 46.7 Å². The molecule has 0 aromatic carbocycles. The molecule has 2 heterocycles. The SMILES string of the molecule is CC1(C)CC(NC2CC(=O)N(C3CC3)C2)C(C)(C)O1. The Hall–Kier alpha value is -0.610. The maximum Gasteiger partial charge on any atom is 0.224 e. The summed E-state index contributed by atoms with van der Waals surface area (Å²) in [6, 6.07) is 1.18. The average molecular weight is 266 g/mol. The van der Waals surface area contributed by atoms with E-state index in [-0.39, 0.29) is 11.2 Å². The van der Waals surface area contributed by atoms with E-state index < -0.39 is 0 Å². The summed E-state index contributed by atoms with van der Waals surface area (Å²) in [7, 11) is 0. The lowest BCUT2D eigenvalue weighted by Gasteiger charge is -2.29. The monoisotopic (exact) mass is 266 g/mol. The van der Waals surface area contributed by atoms with Crippen LogP contribution >= 0.6 is 0 Å². The van der Waals surface area contributed by atoms with Crippen LogP contribution in [0.5, 0.6) is 0 Å². The van der Waals surface area contributed by atoms with Gasteiger partial charge in [0.2, 0.25) is 5.91 Å². The summed E-state index contributed by atoms with van der Waals surface area (Å²) in [6.07, 6.45) is 4.06. The largest absolute Gasteiger partial charge is 0.368 e. The normalized spacial score (nSPS) is 37.1. The molecule has 1 amide bonds. The minimum absolute atomic E-state index is 0.0695. The topological polar surface area (TPSA) is 41.6 Å². The van der Waals surface area contributed by atoms with Crippen molar-refractivity contribution in [3.05, 3.63) is 0 Å². The van der Waals surface area contributed by atoms with Crippen molar-refractivity contribution < 1.29 is 9.53 Å². The molecule has 4 nitrogen and oxygen atoms in total. The number of carbonyl (C=O) groups excluding carboxylic acids is 1. The molecule has 0 aromatic rings. The summed E-state index contributed by atoms with van der Waals surface area (Å²) in [6.45, 7) is 9.47. The third-order valence-corrected chi connectivity index (χ3v) is 4.66. The Morgan fingerprint density at radius 3 is 2.47 bits per heavy atom. The molecule has 108 valence electrons. The van der Waals surface area contributed by atoms with Gasteiger partial charge in [-0.05, 0) is 47.0 Å². The number of carbonyl (C=O) groups is 1. The van der Waals surface area contributed by atoms with Crippen LogP contribution < -0.4 is 5.32 Å². The van der Waals surface area contributed by atoms with Crippen LogP contribution in [0.4, 0.5) is 0 Å². The van der Waals surface area contributed by atoms with Crippen molar-refractivity contribution in [2.75, 3.05) is 6.54 Å². The van der Waals surface area contributed by atoms with Crippen LogP contribution in [0.15, 0.2) is 0 Å². The summed E-state index contributed by atoms with van der Waals surface area (Å²) in [5, 5.41) is 3.68. The first-order valence-corrected chi connectivity index (χ1v) is 7.52. The van der Waals surface area contributed by atoms with Gasteiger partial charge in [0.25, 0.3) is 0 Å². The van der Waals surface area contributed by atoms with Gasteiger partial charge < -0.3 is 15.0 Å². The summed E-state index contributed by atoms with van der Waals surface area (Å²) < 4.78 is 6.11. The number of nitrogens with zero attached hydrogens (tertiary/aromatic N) is 1. The van der Waals surface area contributed by atoms with Crippen LogP contribution in [0.1, 0.15) is 53.4 Å². The van der Waals surface area contributed by atoms with Crippen LogP contribution in [0.2, 0.25) is 0 Å². The Bertz CT molecular complexity index is 388. The van der Waals surface area contributed by atoms with Crippen molar-refractivity contribution >= 4 is 5.91 Å². The van der Waals surface area contributed by atoms with E-state index in [1.807, 2.05) is 0 Å². The van der Waals surface area contributed by atoms with Crippen molar-refractivity contribution in [1.82, 2.24) is 10.2 Å². The molecule has 4 heteroatoms. The molecule has 2 atom stereocenters. The predicted molar refractivity (Wildman–Crippen MR) is 73.9 cm³/mol. The lowest BCUT2D eigenvalue weighted by molar-refractivity contribution is -0.128. The second kappa shape index (κ2) is 4.19. The Morgan fingerprint density at radius 1 is 1.26 bits per heavy atom. The number of likely N-dealkylation sites (tertiary alicyclic amines) is 1. The Balaban J connectivity index is 1.61. The summed E-state index contributed by atoms with van der Waals surface area (Å²) >= 11 is 0. The van der Waals surface area contributed by atoms with Gasteiger partial charge in [0.1, 0.15) is 0 Å². The van der Waals surface area contributed by atoms with E-state index in [1.54, 1.807) is 0 Å². The molecule has 0 aromatic heterocycles. The third-order valence-electron chi connectivity index (χ3n) is 4.66. The van der Waals surface area contributed by atoms with E-state index in [2.05, 4.69) is 37.9 Å². The van der Waals surface area contributed by atoms with Gasteiger partial charge in [0.05, 0.1) is 11.2 Å². The molecular weight excluding hydrogens is 240 g/mol. The molecule has 3 aliphatic rings. The molecule has 1 aliphatic carbocycles. The van der Waals surface area contributed by atoms with E-state index in [0.29, 0.717) is 30.5 Å². The summed E-state index contributed by atoms with van der Waals surface area (Å²) in [4.78, 5) is 14.1. The summed E-state index contributed by atoms with van der Waals surface area (Å²) in [5.74, 6) is 0.330. The van der Waals surface area contributed by atoms with Crippen molar-refractivity contribution in [2.24, 2.45) is 0 Å². The fraction of sp³-hybridized carbons (Fsp3) is 0.933. The highest BCUT2D eigenvalue weighted by molar-refractivity contribution is 5.80. The number of amides is 1. The van der Waals surface area contributed by atoms with Gasteiger partial charge in [-0.15, -0.1) is 0 Å². The van der Waals surface area contributed by atoms with Gasteiger partial charge >= 0.3 is 0 Å². The molecule has 0 spiro atoms. The van der Waals surface area contributed by atoms with Gasteiger partial charge in [-0.25, -0.2) is 0 Å². The molecule has 3 rings (SSSR count). The quantitative estimate of drug-likeness (QED) is 0.845. The molecule has 2 aliphatic heterocycles. The Labute approximate surface area is 115 Å². The zero-order chi connectivity index (χ0) is 13.8. The van der Waals surface area contributed by atoms with Crippen LogP contribution in [0.25, 0.3) is 0 Å². The van der Waals surface area contributed by atoms with E-state index in [9.17, 15) is 4.79 Å². The second-order valence-corrected chi connectivity index (χ2v) is 7.57. The molecule has 0 bridgehead atoms. The van der Waals surface area contributed by atoms with Gasteiger partial charge in [-0.3, -0.25) is 4.79 Å². The fourth-order valence-corrected chi connectivity index (χ4v) is 3.69. The Morgan fingerprint density at radius 2 is 1.95 bits per heavy atom. The molecule has 3 fully saturated rings. The number of hydrogen-bond donors (Lipinski definition) is 1. The first-order chi connectivity index (χ1) is 8.77. The smallest absolute Gasteiger partial charge is 0.224 e. The van der Waals surface area contributed by atoms with E-state index >= 15 is 0 Å². The van der Waals surface area contributed by atoms with Crippen LogP contribution in [-0.2, 0) is 9.53 Å². The summed E-state index contributed by atoms with van der Waals surface area (Å²) in [5.41, 5.74) is -0.223. The first kappa shape index (κ1) is 13.4. The highest BCUT2D eigenvalue weighted by atomic mass is 16.5.